The molecule has 246 valence electrons. The third kappa shape index (κ3) is 5.68. The molecule has 4 saturated heterocycles. The van der Waals surface area contributed by atoms with Crippen molar-refractivity contribution in [3.8, 4) is 16.6 Å². The minimum atomic E-state index is -3.00. The highest BCUT2D eigenvalue weighted by atomic mass is 32.1. The lowest BCUT2D eigenvalue weighted by Crippen LogP contribution is -2.68. The number of hydrogen-bond acceptors (Lipinski definition) is 12. The van der Waals surface area contributed by atoms with E-state index in [9.17, 15) is 27.5 Å². The van der Waals surface area contributed by atoms with Gasteiger partial charge in [-0.2, -0.15) is 9.97 Å². The van der Waals surface area contributed by atoms with Crippen molar-refractivity contribution in [2.24, 2.45) is 0 Å². The van der Waals surface area contributed by atoms with Crippen LogP contribution in [0, 0.1) is 0 Å². The topological polar surface area (TPSA) is 126 Å². The molecule has 3 aromatic rings. The molecule has 1 N–H and O–H groups in total. The number of halogens is 4. The number of pyridine rings is 1. The number of thiophene rings is 1. The number of anilines is 3. The van der Waals surface area contributed by atoms with Gasteiger partial charge in [0.15, 0.2) is 5.82 Å². The quantitative estimate of drug-likeness (QED) is 0.351. The molecule has 4 aliphatic heterocycles. The van der Waals surface area contributed by atoms with E-state index in [4.69, 9.17) is 14.2 Å². The Labute approximate surface area is 264 Å². The van der Waals surface area contributed by atoms with Crippen LogP contribution in [-0.2, 0) is 14.3 Å². The van der Waals surface area contributed by atoms with Crippen molar-refractivity contribution in [2.45, 2.75) is 55.9 Å². The van der Waals surface area contributed by atoms with Crippen LogP contribution in [0.5, 0.6) is 5.88 Å². The summed E-state index contributed by atoms with van der Waals surface area (Å²) < 4.78 is 73.8. The summed E-state index contributed by atoms with van der Waals surface area (Å²) in [6, 6.07) is 3.83. The zero-order valence-corrected chi connectivity index (χ0v) is 25.5. The number of ether oxygens (including phenoxy) is 3. The van der Waals surface area contributed by atoms with Gasteiger partial charge in [0.2, 0.25) is 17.7 Å². The molecule has 4 fully saturated rings. The third-order valence-electron chi connectivity index (χ3n) is 8.97. The smallest absolute Gasteiger partial charge is 0.326 e. The van der Waals surface area contributed by atoms with E-state index in [0.717, 1.165) is 0 Å². The molecule has 3 atom stereocenters. The van der Waals surface area contributed by atoms with Gasteiger partial charge < -0.3 is 34.0 Å². The van der Waals surface area contributed by atoms with Gasteiger partial charge in [-0.05, 0) is 24.4 Å². The highest BCUT2D eigenvalue weighted by Gasteiger charge is 2.51. The van der Waals surface area contributed by atoms with Gasteiger partial charge >= 0.3 is 5.97 Å². The SMILES string of the molecule is C[C@@H]1N(c2cc(N3CCC(F)(F)C3)cnc2O[C@H]2C[C@@H](C(=O)O)N(c3nc(-c4cccs4)nc(C(F)F)n3)C2)CCOC12COC2. The molecule has 0 amide bonds. The number of morpholine rings is 1. The molecule has 0 unspecified atom stereocenters. The van der Waals surface area contributed by atoms with Crippen LogP contribution in [0.15, 0.2) is 29.8 Å². The van der Waals surface area contributed by atoms with Crippen molar-refractivity contribution in [3.63, 3.8) is 0 Å². The molecular formula is C29H31F4N7O5S. The summed E-state index contributed by atoms with van der Waals surface area (Å²) in [5.41, 5.74) is 0.534. The lowest BCUT2D eigenvalue weighted by molar-refractivity contribution is -0.228. The van der Waals surface area contributed by atoms with Crippen molar-refractivity contribution in [3.05, 3.63) is 35.6 Å². The van der Waals surface area contributed by atoms with Gasteiger partial charge in [-0.15, -0.1) is 11.3 Å². The van der Waals surface area contributed by atoms with Gasteiger partial charge in [0.25, 0.3) is 12.3 Å². The molecule has 46 heavy (non-hydrogen) atoms. The zero-order chi connectivity index (χ0) is 32.2. The number of hydrogen-bond donors (Lipinski definition) is 1. The normalized spacial score (nSPS) is 25.3. The average molecular weight is 666 g/mol. The Kier molecular flexibility index (Phi) is 7.87. The number of rotatable bonds is 8. The van der Waals surface area contributed by atoms with Crippen LogP contribution in [-0.4, -0.2) is 107 Å². The monoisotopic (exact) mass is 665 g/mol. The van der Waals surface area contributed by atoms with Gasteiger partial charge in [-0.1, -0.05) is 6.07 Å². The average Bonchev–Trinajstić information content (AvgIpc) is 3.77. The summed E-state index contributed by atoms with van der Waals surface area (Å²) in [6.45, 7) is 3.38. The number of alkyl halides is 4. The van der Waals surface area contributed by atoms with E-state index in [-0.39, 0.29) is 49.6 Å². The predicted molar refractivity (Wildman–Crippen MR) is 158 cm³/mol. The maximum atomic E-state index is 14.1. The fraction of sp³-hybridized carbons (Fsp3) is 0.552. The van der Waals surface area contributed by atoms with Gasteiger partial charge in [0.05, 0.1) is 55.7 Å². The van der Waals surface area contributed by atoms with E-state index in [1.807, 2.05) is 6.92 Å². The molecule has 3 aromatic heterocycles. The summed E-state index contributed by atoms with van der Waals surface area (Å²) >= 11 is 1.26. The van der Waals surface area contributed by atoms with Gasteiger partial charge in [0, 0.05) is 25.9 Å². The molecule has 0 bridgehead atoms. The molecule has 17 heteroatoms. The van der Waals surface area contributed by atoms with Gasteiger partial charge in [-0.25, -0.2) is 32.3 Å². The van der Waals surface area contributed by atoms with Crippen LogP contribution in [0.3, 0.4) is 0 Å². The van der Waals surface area contributed by atoms with Crippen LogP contribution < -0.4 is 19.4 Å². The standard InChI is InChI=1S/C29H31F4N7O5S/c1-16-28(14-43-15-28)44-7-6-39(16)19-9-17(38-5-4-29(32,33)13-38)11-34-25(19)45-18-10-20(26(41)42)40(12-18)27-36-23(21-3-2-8-46-21)35-24(37-27)22(30)31/h2-3,8-9,11,16,18,20,22H,4-7,10,12-15H2,1H3,(H,41,42)/t16-,18-,20-/m0/s1. The molecule has 0 saturated carbocycles. The largest absolute Gasteiger partial charge is 0.480 e. The Morgan fingerprint density at radius 3 is 2.67 bits per heavy atom. The number of aromatic nitrogens is 4. The fourth-order valence-electron chi connectivity index (χ4n) is 6.38. The van der Waals surface area contributed by atoms with Gasteiger partial charge in [-0.3, -0.25) is 0 Å². The highest BCUT2D eigenvalue weighted by Crippen LogP contribution is 2.42. The summed E-state index contributed by atoms with van der Waals surface area (Å²) in [7, 11) is 0. The lowest BCUT2D eigenvalue weighted by atomic mass is 9.90. The Morgan fingerprint density at radius 1 is 1.20 bits per heavy atom. The number of carbonyl (C=O) groups is 1. The predicted octanol–water partition coefficient (Wildman–Crippen LogP) is 3.88. The molecular weight excluding hydrogens is 634 g/mol. The second-order valence-corrected chi connectivity index (χ2v) is 12.8. The minimum absolute atomic E-state index is 0.0168. The fourth-order valence-corrected chi connectivity index (χ4v) is 7.03. The number of aliphatic carboxylic acids is 1. The second-order valence-electron chi connectivity index (χ2n) is 11.9. The highest BCUT2D eigenvalue weighted by molar-refractivity contribution is 7.13. The minimum Gasteiger partial charge on any atom is -0.480 e. The Balaban J connectivity index is 1.20. The first kappa shape index (κ1) is 30.8. The number of carboxylic acid groups (broad SMARTS) is 1. The van der Waals surface area contributed by atoms with Crippen LogP contribution in [0.2, 0.25) is 0 Å². The van der Waals surface area contributed by atoms with Crippen molar-refractivity contribution < 1.29 is 41.7 Å². The molecule has 0 radical (unpaired) electrons. The Hall–Kier alpha value is -3.83. The molecule has 0 aromatic carbocycles. The van der Waals surface area contributed by atoms with Crippen LogP contribution in [0.4, 0.5) is 34.9 Å². The van der Waals surface area contributed by atoms with E-state index >= 15 is 0 Å². The van der Waals surface area contributed by atoms with E-state index in [2.05, 4.69) is 24.8 Å². The summed E-state index contributed by atoms with van der Waals surface area (Å²) in [6.07, 6.45) is -2.55. The Morgan fingerprint density at radius 2 is 2.02 bits per heavy atom. The number of carboxylic acids is 1. The van der Waals surface area contributed by atoms with Crippen molar-refractivity contribution in [1.82, 2.24) is 19.9 Å². The maximum Gasteiger partial charge on any atom is 0.326 e. The molecule has 12 nitrogen and oxygen atoms in total. The van der Waals surface area contributed by atoms with Crippen LogP contribution >= 0.6 is 11.3 Å². The first-order chi connectivity index (χ1) is 22.0. The second kappa shape index (κ2) is 11.8. The molecule has 4 aliphatic rings. The van der Waals surface area contributed by atoms with Crippen molar-refractivity contribution >= 4 is 34.6 Å². The van der Waals surface area contributed by atoms with E-state index in [0.29, 0.717) is 42.6 Å². The summed E-state index contributed by atoms with van der Waals surface area (Å²) in [4.78, 5) is 34.6. The molecule has 7 heterocycles. The van der Waals surface area contributed by atoms with E-state index < -0.39 is 48.4 Å². The third-order valence-corrected chi connectivity index (χ3v) is 9.83. The van der Waals surface area contributed by atoms with Gasteiger partial charge in [0.1, 0.15) is 23.4 Å². The first-order valence-electron chi connectivity index (χ1n) is 14.9. The lowest BCUT2D eigenvalue weighted by Gasteiger charge is -2.53. The zero-order valence-electron chi connectivity index (χ0n) is 24.7. The number of nitrogens with zero attached hydrogens (tertiary/aromatic N) is 7. The van der Waals surface area contributed by atoms with Crippen molar-refractivity contribution in [2.75, 3.05) is 60.7 Å². The van der Waals surface area contributed by atoms with Crippen LogP contribution in [0.1, 0.15) is 32.0 Å². The summed E-state index contributed by atoms with van der Waals surface area (Å²) in [5.74, 6) is -4.75. The molecule has 7 rings (SSSR count). The van der Waals surface area contributed by atoms with E-state index in [1.54, 1.807) is 28.5 Å². The molecule has 1 spiro atoms. The van der Waals surface area contributed by atoms with E-state index in [1.165, 1.54) is 22.4 Å². The van der Waals surface area contributed by atoms with Crippen molar-refractivity contribution in [1.29, 1.82) is 0 Å². The molecule has 0 aliphatic carbocycles. The van der Waals surface area contributed by atoms with Crippen LogP contribution in [0.25, 0.3) is 10.7 Å². The summed E-state index contributed by atoms with van der Waals surface area (Å²) in [5, 5.41) is 11.9. The Bertz CT molecular complexity index is 1600. The first-order valence-corrected chi connectivity index (χ1v) is 15.8. The maximum absolute atomic E-state index is 14.1.